The monoisotopic (exact) mass is 478 g/mol. The third-order valence-electron chi connectivity index (χ3n) is 7.03. The number of amides is 1. The Morgan fingerprint density at radius 3 is 2.75 bits per heavy atom. The maximum absolute atomic E-state index is 13.7. The Morgan fingerprint density at radius 1 is 1.06 bits per heavy atom. The first-order valence-electron chi connectivity index (χ1n) is 12.2. The molecule has 1 aliphatic rings. The summed E-state index contributed by atoms with van der Waals surface area (Å²) in [5.74, 6) is 1.29. The zero-order valence-corrected chi connectivity index (χ0v) is 19.9. The van der Waals surface area contributed by atoms with Crippen molar-refractivity contribution in [3.63, 3.8) is 0 Å². The first-order chi connectivity index (χ1) is 17.6. The van der Waals surface area contributed by atoms with E-state index in [0.717, 1.165) is 56.7 Å². The minimum Gasteiger partial charge on any atom is -0.382 e. The number of nitrogen functional groups attached to an aromatic ring is 1. The minimum atomic E-state index is -0.221. The van der Waals surface area contributed by atoms with E-state index in [4.69, 9.17) is 10.7 Å². The highest BCUT2D eigenvalue weighted by Crippen LogP contribution is 2.32. The van der Waals surface area contributed by atoms with E-state index in [9.17, 15) is 4.79 Å². The van der Waals surface area contributed by atoms with Crippen LogP contribution in [0.25, 0.3) is 22.2 Å². The van der Waals surface area contributed by atoms with Crippen LogP contribution in [0.3, 0.4) is 0 Å². The molecule has 1 atom stereocenters. The molecule has 8 nitrogen and oxygen atoms in total. The van der Waals surface area contributed by atoms with Crippen LogP contribution in [0.1, 0.15) is 38.9 Å². The van der Waals surface area contributed by atoms with Gasteiger partial charge in [0.05, 0.1) is 30.0 Å². The number of hydrogen-bond acceptors (Lipinski definition) is 4. The first kappa shape index (κ1) is 22.1. The van der Waals surface area contributed by atoms with Crippen molar-refractivity contribution in [2.24, 2.45) is 0 Å². The van der Waals surface area contributed by atoms with Crippen LogP contribution in [-0.4, -0.2) is 37.5 Å². The summed E-state index contributed by atoms with van der Waals surface area (Å²) in [5.41, 5.74) is 16.8. The number of nitrogens with zero attached hydrogens (tertiary/aromatic N) is 3. The van der Waals surface area contributed by atoms with Gasteiger partial charge >= 0.3 is 0 Å². The maximum Gasteiger partial charge on any atom is 0.254 e. The summed E-state index contributed by atoms with van der Waals surface area (Å²) in [7, 11) is 0. The highest BCUT2D eigenvalue weighted by Gasteiger charge is 2.33. The normalized spacial score (nSPS) is 14.2. The number of aromatic nitrogens is 4. The van der Waals surface area contributed by atoms with E-state index in [1.54, 1.807) is 0 Å². The number of carbonyl (C=O) groups is 1. The molecule has 36 heavy (non-hydrogen) atoms. The number of rotatable bonds is 6. The van der Waals surface area contributed by atoms with E-state index in [-0.39, 0.29) is 11.9 Å². The number of imidazole rings is 1. The van der Waals surface area contributed by atoms with Gasteiger partial charge in [0.1, 0.15) is 5.82 Å². The van der Waals surface area contributed by atoms with Crippen LogP contribution in [0, 0.1) is 0 Å². The van der Waals surface area contributed by atoms with E-state index in [1.165, 1.54) is 0 Å². The summed E-state index contributed by atoms with van der Waals surface area (Å²) in [5, 5.41) is 7.95. The van der Waals surface area contributed by atoms with E-state index >= 15 is 0 Å². The number of nitrogens with one attached hydrogen (secondary N) is 2. The van der Waals surface area contributed by atoms with Gasteiger partial charge in [0, 0.05) is 35.0 Å². The van der Waals surface area contributed by atoms with Crippen molar-refractivity contribution in [3.8, 4) is 11.3 Å². The summed E-state index contributed by atoms with van der Waals surface area (Å²) in [6, 6.07) is 22.1. The Labute approximate surface area is 208 Å². The molecule has 0 saturated heterocycles. The van der Waals surface area contributed by atoms with Gasteiger partial charge in [-0.3, -0.25) is 9.89 Å². The molecule has 8 heteroatoms. The lowest BCUT2D eigenvalue weighted by atomic mass is 9.94. The Balaban J connectivity index is 1.36. The van der Waals surface area contributed by atoms with Gasteiger partial charge in [0.25, 0.3) is 5.91 Å². The highest BCUT2D eigenvalue weighted by atomic mass is 16.2. The number of nitrogens with two attached hydrogens (primary N) is 1. The van der Waals surface area contributed by atoms with E-state index in [0.29, 0.717) is 25.3 Å². The van der Waals surface area contributed by atoms with E-state index in [1.807, 2.05) is 59.6 Å². The van der Waals surface area contributed by atoms with Crippen LogP contribution >= 0.6 is 0 Å². The largest absolute Gasteiger partial charge is 0.382 e. The molecule has 7 N–H and O–H groups in total. The average Bonchev–Trinajstić information content (AvgIpc) is 3.55. The molecule has 0 saturated carbocycles. The lowest BCUT2D eigenvalue weighted by molar-refractivity contribution is -0.386. The lowest BCUT2D eigenvalue weighted by Crippen LogP contribution is -2.47. The summed E-state index contributed by atoms with van der Waals surface area (Å²) >= 11 is 0. The quantitative estimate of drug-likeness (QED) is 0.298. The van der Waals surface area contributed by atoms with E-state index < -0.39 is 0 Å². The molecule has 1 aliphatic heterocycles. The van der Waals surface area contributed by atoms with Crippen molar-refractivity contribution in [2.45, 2.75) is 25.4 Å². The Kier molecular flexibility index (Phi) is 5.50. The standard InChI is InChI=1S/C28H27N7O/c29-15-18-6-8-21-19(12-18)10-11-35(28(21)36)25(13-17-4-2-1-3-5-17)27-31-16-24(32-27)20-7-9-22-23(14-20)33-34-26(22)30/h1-9,12,14,16,25H,10-11,13,15,29H2,(H,31,32)(H3,30,33,34)/p+1/t25-/m0/s1. The zero-order chi connectivity index (χ0) is 24.6. The predicted octanol–water partition coefficient (Wildman–Crippen LogP) is 3.26. The van der Waals surface area contributed by atoms with Crippen LogP contribution in [0.2, 0.25) is 0 Å². The van der Waals surface area contributed by atoms with Gasteiger partial charge in [0.15, 0.2) is 5.82 Å². The maximum atomic E-state index is 13.7. The van der Waals surface area contributed by atoms with Gasteiger partial charge < -0.3 is 21.4 Å². The number of anilines is 1. The second-order valence-corrected chi connectivity index (χ2v) is 9.25. The van der Waals surface area contributed by atoms with Crippen molar-refractivity contribution in [3.05, 3.63) is 101 Å². The second-order valence-electron chi connectivity index (χ2n) is 9.25. The minimum absolute atomic E-state index is 0.0418. The molecule has 180 valence electrons. The Hall–Kier alpha value is -4.43. The van der Waals surface area contributed by atoms with Crippen LogP contribution in [-0.2, 0) is 19.4 Å². The summed E-state index contributed by atoms with van der Waals surface area (Å²) in [6.07, 6.45) is 3.31. The number of hydrogen-bond donors (Lipinski definition) is 4. The number of aromatic amines is 2. The van der Waals surface area contributed by atoms with Crippen molar-refractivity contribution >= 4 is 22.6 Å². The topological polar surface area (TPSA) is 131 Å². The molecule has 6 rings (SSSR count). The molecule has 3 heterocycles. The molecule has 0 spiro atoms. The highest BCUT2D eigenvalue weighted by molar-refractivity contribution is 5.97. The van der Waals surface area contributed by atoms with Crippen LogP contribution in [0.5, 0.6) is 0 Å². The molecular weight excluding hydrogens is 450 g/mol. The second kappa shape index (κ2) is 8.98. The molecule has 0 aliphatic carbocycles. The van der Waals surface area contributed by atoms with Crippen molar-refractivity contribution in [1.82, 2.24) is 25.1 Å². The van der Waals surface area contributed by atoms with Crippen LogP contribution in [0.15, 0.2) is 72.9 Å². The average molecular weight is 479 g/mol. The van der Waals surface area contributed by atoms with Gasteiger partial charge in [-0.05, 0) is 41.8 Å². The third kappa shape index (κ3) is 3.91. The fourth-order valence-electron chi connectivity index (χ4n) is 5.07. The third-order valence-corrected chi connectivity index (χ3v) is 7.03. The molecule has 0 fully saturated rings. The molecular formula is C28H28N7O+. The molecule has 0 radical (unpaired) electrons. The zero-order valence-electron chi connectivity index (χ0n) is 19.9. The Morgan fingerprint density at radius 2 is 1.92 bits per heavy atom. The molecule has 1 amide bonds. The summed E-state index contributed by atoms with van der Waals surface area (Å²) in [6.45, 7) is 1.35. The van der Waals surface area contributed by atoms with Gasteiger partial charge in [0.2, 0.25) is 0 Å². The molecule has 5 aromatic rings. The number of fused-ring (bicyclic) bond motifs is 2. The van der Waals surface area contributed by atoms with Crippen molar-refractivity contribution < 1.29 is 10.5 Å². The Bertz CT molecular complexity index is 1550. The molecule has 3 aromatic carbocycles. The summed E-state index contributed by atoms with van der Waals surface area (Å²) < 4.78 is 0. The van der Waals surface area contributed by atoms with Gasteiger partial charge in [-0.2, -0.15) is 5.10 Å². The molecule has 0 bridgehead atoms. The van der Waals surface area contributed by atoms with Gasteiger partial charge in [-0.25, -0.2) is 4.98 Å². The SMILES string of the molecule is Nc1n[nH]c2cc(-c3cnc([C@H](Cc4ccccc4)N4CCc5cc(C[NH3+])ccc5C4=O)[nH]3)ccc12. The van der Waals surface area contributed by atoms with Gasteiger partial charge in [-0.1, -0.05) is 42.5 Å². The van der Waals surface area contributed by atoms with Crippen molar-refractivity contribution in [1.29, 1.82) is 0 Å². The smallest absolute Gasteiger partial charge is 0.254 e. The van der Waals surface area contributed by atoms with Crippen LogP contribution in [0.4, 0.5) is 5.82 Å². The summed E-state index contributed by atoms with van der Waals surface area (Å²) in [4.78, 5) is 23.9. The van der Waals surface area contributed by atoms with Crippen LogP contribution < -0.4 is 11.5 Å². The molecule has 2 aromatic heterocycles. The number of quaternary nitrogens is 1. The van der Waals surface area contributed by atoms with E-state index in [2.05, 4.69) is 39.1 Å². The lowest BCUT2D eigenvalue weighted by Gasteiger charge is -2.35. The number of carbonyl (C=O) groups excluding carboxylic acids is 1. The number of H-pyrrole nitrogens is 2. The first-order valence-corrected chi connectivity index (χ1v) is 12.2. The van der Waals surface area contributed by atoms with Gasteiger partial charge in [-0.15, -0.1) is 0 Å². The molecule has 0 unspecified atom stereocenters. The number of benzene rings is 3. The van der Waals surface area contributed by atoms with Crippen molar-refractivity contribution in [2.75, 3.05) is 12.3 Å². The fraction of sp³-hybridized carbons (Fsp3) is 0.179. The fourth-order valence-corrected chi connectivity index (χ4v) is 5.07. The predicted molar refractivity (Wildman–Crippen MR) is 139 cm³/mol.